The maximum absolute atomic E-state index is 5.17. The van der Waals surface area contributed by atoms with Crippen LogP contribution in [0.4, 0.5) is 0 Å². The van der Waals surface area contributed by atoms with E-state index in [2.05, 4.69) is 27.4 Å². The third kappa shape index (κ3) is 9.49. The summed E-state index contributed by atoms with van der Waals surface area (Å²) in [5.41, 5.74) is 0. The predicted molar refractivity (Wildman–Crippen MR) is 97.7 cm³/mol. The number of guanidine groups is 1. The molecule has 0 amide bonds. The largest absolute Gasteiger partial charge is 0.383 e. The normalized spacial score (nSPS) is 16.5. The van der Waals surface area contributed by atoms with Crippen molar-refractivity contribution in [2.75, 3.05) is 54.1 Å². The van der Waals surface area contributed by atoms with Crippen molar-refractivity contribution in [2.24, 2.45) is 4.99 Å². The number of methoxy groups -OCH3 is 2. The van der Waals surface area contributed by atoms with Crippen LogP contribution in [0.25, 0.3) is 0 Å². The standard InChI is InChI=1S/C14H30N4O2.HI/c1-12(11-20-4)17-14(15-2)16-7-8-18(9-10-19-3)13-5-6-13;/h12-13H,5-11H2,1-4H3,(H2,15,16,17);1H. The molecule has 21 heavy (non-hydrogen) atoms. The minimum atomic E-state index is 0. The van der Waals surface area contributed by atoms with Gasteiger partial charge in [-0.25, -0.2) is 0 Å². The summed E-state index contributed by atoms with van der Waals surface area (Å²) in [5.74, 6) is 0.831. The average molecular weight is 414 g/mol. The van der Waals surface area contributed by atoms with Gasteiger partial charge >= 0.3 is 0 Å². The highest BCUT2D eigenvalue weighted by Gasteiger charge is 2.28. The Morgan fingerprint density at radius 3 is 2.52 bits per heavy atom. The lowest BCUT2D eigenvalue weighted by Gasteiger charge is -2.23. The molecule has 1 unspecified atom stereocenters. The van der Waals surface area contributed by atoms with Crippen LogP contribution in [-0.4, -0.2) is 77.1 Å². The number of nitrogens with one attached hydrogen (secondary N) is 2. The highest BCUT2D eigenvalue weighted by molar-refractivity contribution is 14.0. The number of nitrogens with zero attached hydrogens (tertiary/aromatic N) is 2. The molecule has 126 valence electrons. The Bertz CT molecular complexity index is 288. The van der Waals surface area contributed by atoms with Crippen molar-refractivity contribution >= 4 is 29.9 Å². The molecule has 0 radical (unpaired) electrons. The van der Waals surface area contributed by atoms with Gasteiger partial charge in [-0.2, -0.15) is 0 Å². The fourth-order valence-corrected chi connectivity index (χ4v) is 2.16. The molecule has 0 saturated heterocycles. The lowest BCUT2D eigenvalue weighted by Crippen LogP contribution is -2.46. The Morgan fingerprint density at radius 1 is 1.29 bits per heavy atom. The first-order valence-corrected chi connectivity index (χ1v) is 7.40. The molecular formula is C14H31IN4O2. The van der Waals surface area contributed by atoms with Crippen molar-refractivity contribution in [3.05, 3.63) is 0 Å². The van der Waals surface area contributed by atoms with E-state index in [9.17, 15) is 0 Å². The maximum atomic E-state index is 5.17. The molecule has 6 nitrogen and oxygen atoms in total. The Morgan fingerprint density at radius 2 is 2.00 bits per heavy atom. The lowest BCUT2D eigenvalue weighted by molar-refractivity contribution is 0.144. The molecule has 7 heteroatoms. The van der Waals surface area contributed by atoms with E-state index in [1.54, 1.807) is 21.3 Å². The van der Waals surface area contributed by atoms with E-state index in [0.717, 1.165) is 38.2 Å². The monoisotopic (exact) mass is 414 g/mol. The van der Waals surface area contributed by atoms with Gasteiger partial charge in [0.15, 0.2) is 5.96 Å². The summed E-state index contributed by atoms with van der Waals surface area (Å²) < 4.78 is 10.3. The fraction of sp³-hybridized carbons (Fsp3) is 0.929. The summed E-state index contributed by atoms with van der Waals surface area (Å²) in [5, 5.41) is 6.65. The number of aliphatic imine (C=N–C) groups is 1. The summed E-state index contributed by atoms with van der Waals surface area (Å²) >= 11 is 0. The molecule has 0 aromatic rings. The van der Waals surface area contributed by atoms with Gasteiger partial charge in [-0.1, -0.05) is 0 Å². The molecule has 0 aliphatic heterocycles. The molecule has 1 aliphatic rings. The molecule has 0 aromatic heterocycles. The molecular weight excluding hydrogens is 383 g/mol. The first kappa shape index (κ1) is 20.9. The molecule has 1 aliphatic carbocycles. The van der Waals surface area contributed by atoms with Crippen molar-refractivity contribution < 1.29 is 9.47 Å². The van der Waals surface area contributed by atoms with Crippen molar-refractivity contribution in [2.45, 2.75) is 31.8 Å². The summed E-state index contributed by atoms with van der Waals surface area (Å²) in [6, 6.07) is 1.01. The van der Waals surface area contributed by atoms with E-state index >= 15 is 0 Å². The summed E-state index contributed by atoms with van der Waals surface area (Å²) in [6.07, 6.45) is 2.64. The summed E-state index contributed by atoms with van der Waals surface area (Å²) in [6.45, 7) is 6.46. The van der Waals surface area contributed by atoms with Gasteiger partial charge in [-0.15, -0.1) is 24.0 Å². The zero-order chi connectivity index (χ0) is 14.8. The Hall–Kier alpha value is -0.120. The SMILES string of the molecule is CN=C(NCCN(CCOC)C1CC1)NC(C)COC.I. The van der Waals surface area contributed by atoms with E-state index in [-0.39, 0.29) is 30.0 Å². The summed E-state index contributed by atoms with van der Waals surface area (Å²) in [7, 11) is 5.25. The van der Waals surface area contributed by atoms with E-state index in [0.29, 0.717) is 6.61 Å². The molecule has 0 spiro atoms. The summed E-state index contributed by atoms with van der Waals surface area (Å²) in [4.78, 5) is 6.71. The number of hydrogen-bond acceptors (Lipinski definition) is 4. The predicted octanol–water partition coefficient (Wildman–Crippen LogP) is 0.915. The number of ether oxygens (including phenoxy) is 2. The van der Waals surface area contributed by atoms with Crippen molar-refractivity contribution in [3.63, 3.8) is 0 Å². The van der Waals surface area contributed by atoms with Crippen LogP contribution in [0, 0.1) is 0 Å². The Kier molecular flexibility index (Phi) is 12.4. The molecule has 2 N–H and O–H groups in total. The quantitative estimate of drug-likeness (QED) is 0.316. The second-order valence-electron chi connectivity index (χ2n) is 5.26. The van der Waals surface area contributed by atoms with Gasteiger partial charge in [-0.05, 0) is 19.8 Å². The van der Waals surface area contributed by atoms with Crippen LogP contribution in [0.2, 0.25) is 0 Å². The third-order valence-electron chi connectivity index (χ3n) is 3.36. The van der Waals surface area contributed by atoms with Gasteiger partial charge in [0.25, 0.3) is 0 Å². The zero-order valence-electron chi connectivity index (χ0n) is 13.7. The molecule has 0 bridgehead atoms. The number of halogens is 1. The lowest BCUT2D eigenvalue weighted by atomic mass is 10.4. The first-order chi connectivity index (χ1) is 9.71. The second-order valence-corrected chi connectivity index (χ2v) is 5.26. The molecule has 1 atom stereocenters. The van der Waals surface area contributed by atoms with Gasteiger partial charge in [0.2, 0.25) is 0 Å². The van der Waals surface area contributed by atoms with Crippen LogP contribution in [0.5, 0.6) is 0 Å². The van der Waals surface area contributed by atoms with Gasteiger partial charge in [-0.3, -0.25) is 9.89 Å². The van der Waals surface area contributed by atoms with Crippen LogP contribution in [0.3, 0.4) is 0 Å². The van der Waals surface area contributed by atoms with Crippen LogP contribution in [-0.2, 0) is 9.47 Å². The third-order valence-corrected chi connectivity index (χ3v) is 3.36. The van der Waals surface area contributed by atoms with Crippen molar-refractivity contribution in [3.8, 4) is 0 Å². The Labute approximate surface area is 146 Å². The van der Waals surface area contributed by atoms with E-state index in [1.165, 1.54) is 12.8 Å². The average Bonchev–Trinajstić information content (AvgIpc) is 3.26. The van der Waals surface area contributed by atoms with E-state index in [4.69, 9.17) is 9.47 Å². The zero-order valence-corrected chi connectivity index (χ0v) is 16.1. The van der Waals surface area contributed by atoms with Crippen molar-refractivity contribution in [1.29, 1.82) is 0 Å². The topological polar surface area (TPSA) is 58.1 Å². The first-order valence-electron chi connectivity index (χ1n) is 7.40. The molecule has 0 aromatic carbocycles. The van der Waals surface area contributed by atoms with E-state index < -0.39 is 0 Å². The highest BCUT2D eigenvalue weighted by atomic mass is 127. The van der Waals surface area contributed by atoms with Crippen LogP contribution in [0.1, 0.15) is 19.8 Å². The van der Waals surface area contributed by atoms with Crippen LogP contribution >= 0.6 is 24.0 Å². The van der Waals surface area contributed by atoms with Crippen LogP contribution in [0.15, 0.2) is 4.99 Å². The van der Waals surface area contributed by atoms with Crippen LogP contribution < -0.4 is 10.6 Å². The van der Waals surface area contributed by atoms with Gasteiger partial charge in [0, 0.05) is 53.0 Å². The second kappa shape index (κ2) is 12.4. The van der Waals surface area contributed by atoms with Gasteiger partial charge in [0.1, 0.15) is 0 Å². The molecule has 1 rings (SSSR count). The number of hydrogen-bond donors (Lipinski definition) is 2. The van der Waals surface area contributed by atoms with Gasteiger partial charge < -0.3 is 20.1 Å². The smallest absolute Gasteiger partial charge is 0.191 e. The Balaban J connectivity index is 0.00000400. The maximum Gasteiger partial charge on any atom is 0.191 e. The number of rotatable bonds is 10. The minimum Gasteiger partial charge on any atom is -0.383 e. The highest BCUT2D eigenvalue weighted by Crippen LogP contribution is 2.25. The van der Waals surface area contributed by atoms with E-state index in [1.807, 2.05) is 0 Å². The fourth-order valence-electron chi connectivity index (χ4n) is 2.16. The van der Waals surface area contributed by atoms with Gasteiger partial charge in [0.05, 0.1) is 13.2 Å². The minimum absolute atomic E-state index is 0. The molecule has 0 heterocycles. The molecule has 1 fully saturated rings. The molecule has 1 saturated carbocycles. The van der Waals surface area contributed by atoms with Crippen molar-refractivity contribution in [1.82, 2.24) is 15.5 Å².